The zero-order chi connectivity index (χ0) is 13.4. The predicted octanol–water partition coefficient (Wildman–Crippen LogP) is 2.75. The van der Waals surface area contributed by atoms with E-state index < -0.39 is 0 Å². The van der Waals surface area contributed by atoms with Gasteiger partial charge in [-0.2, -0.15) is 0 Å². The highest BCUT2D eigenvalue weighted by Gasteiger charge is 2.23. The largest absolute Gasteiger partial charge is 0.371 e. The Morgan fingerprint density at radius 2 is 2.00 bits per heavy atom. The average Bonchev–Trinajstić information content (AvgIpc) is 2.89. The summed E-state index contributed by atoms with van der Waals surface area (Å²) in [6.07, 6.45) is 1.89. The second kappa shape index (κ2) is 4.83. The molecule has 3 rings (SSSR count). The van der Waals surface area contributed by atoms with Crippen LogP contribution in [-0.4, -0.2) is 25.1 Å². The van der Waals surface area contributed by atoms with Gasteiger partial charge in [0.15, 0.2) is 5.13 Å². The topological polar surface area (TPSA) is 45.4 Å². The highest BCUT2D eigenvalue weighted by molar-refractivity contribution is 7.15. The van der Waals surface area contributed by atoms with Gasteiger partial charge < -0.3 is 15.5 Å². The number of fused-ring (bicyclic) bond motifs is 1. The fraction of sp³-hybridized carbons (Fsp3) is 0.357. The maximum absolute atomic E-state index is 5.92. The van der Waals surface area contributed by atoms with Crippen LogP contribution in [0.1, 0.15) is 17.8 Å². The number of rotatable bonds is 2. The highest BCUT2D eigenvalue weighted by atomic mass is 32.1. The minimum atomic E-state index is 0.0500. The molecule has 0 bridgehead atoms. The molecule has 0 saturated carbocycles. The Bertz CT molecular complexity index is 578. The summed E-state index contributed by atoms with van der Waals surface area (Å²) in [6, 6.07) is 8.51. The van der Waals surface area contributed by atoms with Gasteiger partial charge in [0.1, 0.15) is 0 Å². The lowest BCUT2D eigenvalue weighted by Gasteiger charge is -2.35. The smallest absolute Gasteiger partial charge is 0.190 e. The number of hydrogen-bond donors (Lipinski definition) is 1. The third-order valence-corrected chi connectivity index (χ3v) is 4.66. The van der Waals surface area contributed by atoms with Crippen LogP contribution < -0.4 is 15.5 Å². The molecule has 0 aliphatic carbocycles. The van der Waals surface area contributed by atoms with Gasteiger partial charge in [0.25, 0.3) is 0 Å². The predicted molar refractivity (Wildman–Crippen MR) is 81.4 cm³/mol. The van der Waals surface area contributed by atoms with Crippen molar-refractivity contribution in [2.45, 2.75) is 13.0 Å². The Balaban J connectivity index is 1.99. The zero-order valence-corrected chi connectivity index (χ0v) is 12.0. The number of para-hydroxylation sites is 2. The molecule has 5 heteroatoms. The molecule has 1 unspecified atom stereocenters. The number of nitrogens with two attached hydrogens (primary N) is 1. The lowest BCUT2D eigenvalue weighted by molar-refractivity contribution is 0.819. The maximum atomic E-state index is 5.92. The fourth-order valence-electron chi connectivity index (χ4n) is 2.32. The number of aromatic nitrogens is 1. The lowest BCUT2D eigenvalue weighted by atomic mass is 10.2. The Hall–Kier alpha value is -1.59. The van der Waals surface area contributed by atoms with E-state index >= 15 is 0 Å². The first-order valence-electron chi connectivity index (χ1n) is 6.46. The Labute approximate surface area is 117 Å². The molecule has 1 atom stereocenters. The number of anilines is 3. The van der Waals surface area contributed by atoms with Crippen LogP contribution in [0.4, 0.5) is 16.5 Å². The molecule has 1 aliphatic heterocycles. The van der Waals surface area contributed by atoms with E-state index in [1.807, 2.05) is 13.1 Å². The summed E-state index contributed by atoms with van der Waals surface area (Å²) in [5.74, 6) is 0. The van der Waals surface area contributed by atoms with Crippen LogP contribution in [0.15, 0.2) is 30.5 Å². The molecular weight excluding hydrogens is 256 g/mol. The van der Waals surface area contributed by atoms with Crippen LogP contribution in [-0.2, 0) is 0 Å². The summed E-state index contributed by atoms with van der Waals surface area (Å²) in [4.78, 5) is 10.2. The van der Waals surface area contributed by atoms with Crippen molar-refractivity contribution in [1.82, 2.24) is 4.98 Å². The van der Waals surface area contributed by atoms with Crippen molar-refractivity contribution >= 4 is 27.8 Å². The molecule has 0 radical (unpaired) electrons. The van der Waals surface area contributed by atoms with E-state index in [0.717, 1.165) is 23.1 Å². The van der Waals surface area contributed by atoms with Gasteiger partial charge in [-0.15, -0.1) is 0 Å². The highest BCUT2D eigenvalue weighted by Crippen LogP contribution is 2.38. The molecule has 100 valence electrons. The van der Waals surface area contributed by atoms with Gasteiger partial charge in [-0.3, -0.25) is 0 Å². The van der Waals surface area contributed by atoms with Crippen LogP contribution >= 0.6 is 11.3 Å². The Kier molecular flexibility index (Phi) is 3.16. The molecule has 4 nitrogen and oxygen atoms in total. The third kappa shape index (κ3) is 2.19. The van der Waals surface area contributed by atoms with Gasteiger partial charge in [0.05, 0.1) is 11.4 Å². The first kappa shape index (κ1) is 12.4. The van der Waals surface area contributed by atoms with E-state index in [0.29, 0.717) is 0 Å². The number of thiazole rings is 1. The van der Waals surface area contributed by atoms with Crippen LogP contribution in [0, 0.1) is 0 Å². The van der Waals surface area contributed by atoms with Crippen molar-refractivity contribution in [3.63, 3.8) is 0 Å². The van der Waals surface area contributed by atoms with Gasteiger partial charge in [-0.1, -0.05) is 23.5 Å². The van der Waals surface area contributed by atoms with Crippen LogP contribution in [0.2, 0.25) is 0 Å². The van der Waals surface area contributed by atoms with E-state index in [1.165, 1.54) is 11.4 Å². The van der Waals surface area contributed by atoms with E-state index in [9.17, 15) is 0 Å². The first-order valence-corrected chi connectivity index (χ1v) is 7.27. The second-order valence-corrected chi connectivity index (χ2v) is 5.94. The zero-order valence-electron chi connectivity index (χ0n) is 11.2. The van der Waals surface area contributed by atoms with Crippen LogP contribution in [0.5, 0.6) is 0 Å². The molecule has 19 heavy (non-hydrogen) atoms. The molecule has 2 N–H and O–H groups in total. The Morgan fingerprint density at radius 3 is 2.68 bits per heavy atom. The van der Waals surface area contributed by atoms with Gasteiger partial charge in [0, 0.05) is 37.3 Å². The van der Waals surface area contributed by atoms with E-state index in [2.05, 4.69) is 46.1 Å². The summed E-state index contributed by atoms with van der Waals surface area (Å²) >= 11 is 1.68. The maximum Gasteiger partial charge on any atom is 0.190 e. The lowest BCUT2D eigenvalue weighted by Crippen LogP contribution is -2.36. The van der Waals surface area contributed by atoms with Crippen molar-refractivity contribution < 1.29 is 0 Å². The Morgan fingerprint density at radius 1 is 1.26 bits per heavy atom. The fourth-order valence-corrected chi connectivity index (χ4v) is 3.22. The molecule has 0 amide bonds. The van der Waals surface area contributed by atoms with Crippen molar-refractivity contribution in [2.24, 2.45) is 5.73 Å². The van der Waals surface area contributed by atoms with Crippen LogP contribution in [0.3, 0.4) is 0 Å². The normalized spacial score (nSPS) is 16.4. The molecule has 1 aromatic carbocycles. The third-order valence-electron chi connectivity index (χ3n) is 3.43. The van der Waals surface area contributed by atoms with Crippen molar-refractivity contribution in [2.75, 3.05) is 29.9 Å². The summed E-state index contributed by atoms with van der Waals surface area (Å²) in [5, 5.41) is 1.04. The quantitative estimate of drug-likeness (QED) is 0.914. The first-order chi connectivity index (χ1) is 9.16. The molecule has 1 aliphatic rings. The molecular formula is C14H18N4S. The van der Waals surface area contributed by atoms with Crippen molar-refractivity contribution in [1.29, 1.82) is 0 Å². The van der Waals surface area contributed by atoms with Crippen LogP contribution in [0.25, 0.3) is 0 Å². The number of benzene rings is 1. The van der Waals surface area contributed by atoms with E-state index in [-0.39, 0.29) is 6.04 Å². The number of likely N-dealkylation sites (N-methyl/N-ethyl adjacent to an activating group) is 1. The molecule has 2 aromatic rings. The number of hydrogen-bond acceptors (Lipinski definition) is 5. The van der Waals surface area contributed by atoms with Gasteiger partial charge >= 0.3 is 0 Å². The van der Waals surface area contributed by atoms with Crippen molar-refractivity contribution in [3.8, 4) is 0 Å². The molecule has 2 heterocycles. The molecule has 0 fully saturated rings. The average molecular weight is 274 g/mol. The van der Waals surface area contributed by atoms with E-state index in [4.69, 9.17) is 5.73 Å². The molecule has 1 aromatic heterocycles. The van der Waals surface area contributed by atoms with Gasteiger partial charge in [-0.25, -0.2) is 4.98 Å². The summed E-state index contributed by atoms with van der Waals surface area (Å²) in [5.41, 5.74) is 8.40. The molecule has 0 saturated heterocycles. The standard InChI is InChI=1S/C14H18N4S/c1-10(15)13-9-16-14(19-13)18-8-7-17(2)11-5-3-4-6-12(11)18/h3-6,9-10H,7-8,15H2,1-2H3. The minimum Gasteiger partial charge on any atom is -0.371 e. The number of nitrogens with zero attached hydrogens (tertiary/aromatic N) is 3. The van der Waals surface area contributed by atoms with Crippen molar-refractivity contribution in [3.05, 3.63) is 35.3 Å². The second-order valence-electron chi connectivity index (χ2n) is 4.90. The summed E-state index contributed by atoms with van der Waals surface area (Å²) in [7, 11) is 2.13. The van der Waals surface area contributed by atoms with E-state index in [1.54, 1.807) is 11.3 Å². The summed E-state index contributed by atoms with van der Waals surface area (Å²) in [6.45, 7) is 3.96. The minimum absolute atomic E-state index is 0.0500. The summed E-state index contributed by atoms with van der Waals surface area (Å²) < 4.78 is 0. The van der Waals surface area contributed by atoms with Gasteiger partial charge in [-0.05, 0) is 19.1 Å². The molecule has 0 spiro atoms. The monoisotopic (exact) mass is 274 g/mol. The van der Waals surface area contributed by atoms with Gasteiger partial charge in [0.2, 0.25) is 0 Å². The SMILES string of the molecule is CC(N)c1cnc(N2CCN(C)c3ccccc32)s1.